The molecule has 0 aromatic heterocycles. The first-order chi connectivity index (χ1) is 17.4. The van der Waals surface area contributed by atoms with E-state index in [4.69, 9.17) is 18.9 Å². The van der Waals surface area contributed by atoms with Crippen molar-refractivity contribution < 1.29 is 33.3 Å². The second-order valence-corrected chi connectivity index (χ2v) is 7.84. The average Bonchev–Trinajstić information content (AvgIpc) is 2.86. The summed E-state index contributed by atoms with van der Waals surface area (Å²) in [5.41, 5.74) is 1.05. The van der Waals surface area contributed by atoms with Crippen LogP contribution in [0.2, 0.25) is 0 Å². The van der Waals surface area contributed by atoms with E-state index in [-0.39, 0.29) is 12.1 Å². The van der Waals surface area contributed by atoms with Crippen molar-refractivity contribution in [3.05, 3.63) is 53.1 Å². The van der Waals surface area contributed by atoms with Crippen molar-refractivity contribution in [3.63, 3.8) is 0 Å². The molecule has 1 heterocycles. The number of imide groups is 2. The largest absolute Gasteiger partial charge is 0.490 e. The second-order valence-electron chi connectivity index (χ2n) is 7.84. The van der Waals surface area contributed by atoms with E-state index in [2.05, 4.69) is 5.32 Å². The van der Waals surface area contributed by atoms with Gasteiger partial charge in [-0.1, -0.05) is 19.1 Å². The van der Waals surface area contributed by atoms with Crippen molar-refractivity contribution in [2.24, 2.45) is 0 Å². The molecule has 0 atom stereocenters. The Morgan fingerprint density at radius 2 is 1.39 bits per heavy atom. The molecule has 3 rings (SSSR count). The Labute approximate surface area is 211 Å². The predicted octanol–water partition coefficient (Wildman–Crippen LogP) is 4.33. The number of carbonyl (C=O) groups is 3. The van der Waals surface area contributed by atoms with Gasteiger partial charge in [-0.15, -0.1) is 0 Å². The van der Waals surface area contributed by atoms with Crippen LogP contribution in [0.25, 0.3) is 6.08 Å². The molecule has 36 heavy (non-hydrogen) atoms. The Bertz CT molecular complexity index is 1140. The lowest BCUT2D eigenvalue weighted by Gasteiger charge is -2.26. The minimum absolute atomic E-state index is 0.0447. The Balaban J connectivity index is 1.88. The van der Waals surface area contributed by atoms with Crippen LogP contribution in [-0.4, -0.2) is 49.2 Å². The Kier molecular flexibility index (Phi) is 9.32. The third-order valence-electron chi connectivity index (χ3n) is 5.17. The molecule has 0 aliphatic carbocycles. The first-order valence-corrected chi connectivity index (χ1v) is 12.1. The molecule has 0 spiro atoms. The molecular weight excluding hydrogens is 464 g/mol. The van der Waals surface area contributed by atoms with Crippen LogP contribution in [0.15, 0.2) is 42.0 Å². The molecule has 0 unspecified atom stereocenters. The molecule has 1 fully saturated rings. The first-order valence-electron chi connectivity index (χ1n) is 12.1. The van der Waals surface area contributed by atoms with Crippen molar-refractivity contribution in [2.45, 2.75) is 40.7 Å². The SMILES string of the molecule is CCCOc1ccc(CN2C(=O)NC(=O)/C(=C\c3ccc(OCC)c(OCC)c3)C2=O)cc1OCC. The number of nitrogens with zero attached hydrogens (tertiary/aromatic N) is 1. The van der Waals surface area contributed by atoms with Gasteiger partial charge in [0.1, 0.15) is 5.57 Å². The highest BCUT2D eigenvalue weighted by Gasteiger charge is 2.35. The number of hydrogen-bond donors (Lipinski definition) is 1. The molecule has 1 aliphatic heterocycles. The third-order valence-corrected chi connectivity index (χ3v) is 5.17. The number of ether oxygens (including phenoxy) is 4. The molecule has 2 aromatic carbocycles. The fourth-order valence-electron chi connectivity index (χ4n) is 3.59. The standard InChI is InChI=1S/C27H32N2O7/c1-5-13-36-22-12-10-19(16-24(22)35-8-4)17-29-26(31)20(25(30)28-27(29)32)14-18-9-11-21(33-6-2)23(15-18)34-7-3/h9-12,14-16H,5-8,13,17H2,1-4H3,(H,28,30,32)/b20-14+. The number of amides is 4. The molecule has 1 N–H and O–H groups in total. The fraction of sp³-hybridized carbons (Fsp3) is 0.370. The van der Waals surface area contributed by atoms with Crippen LogP contribution in [0, 0.1) is 0 Å². The minimum Gasteiger partial charge on any atom is -0.490 e. The highest BCUT2D eigenvalue weighted by molar-refractivity contribution is 6.30. The van der Waals surface area contributed by atoms with Gasteiger partial charge in [-0.2, -0.15) is 0 Å². The molecule has 4 amide bonds. The summed E-state index contributed by atoms with van der Waals surface area (Å²) in [7, 11) is 0. The number of barbiturate groups is 1. The maximum atomic E-state index is 13.2. The maximum absolute atomic E-state index is 13.2. The number of hydrogen-bond acceptors (Lipinski definition) is 7. The average molecular weight is 497 g/mol. The van der Waals surface area contributed by atoms with Gasteiger partial charge in [-0.3, -0.25) is 19.8 Å². The number of urea groups is 1. The number of nitrogens with one attached hydrogen (secondary N) is 1. The summed E-state index contributed by atoms with van der Waals surface area (Å²) in [6.45, 7) is 9.40. The normalized spacial score (nSPS) is 14.6. The number of benzene rings is 2. The Morgan fingerprint density at radius 1 is 0.778 bits per heavy atom. The van der Waals surface area contributed by atoms with Gasteiger partial charge in [-0.05, 0) is 68.7 Å². The van der Waals surface area contributed by atoms with E-state index >= 15 is 0 Å². The van der Waals surface area contributed by atoms with Gasteiger partial charge >= 0.3 is 6.03 Å². The van der Waals surface area contributed by atoms with Crippen LogP contribution < -0.4 is 24.3 Å². The van der Waals surface area contributed by atoms with Crippen LogP contribution in [0.3, 0.4) is 0 Å². The smallest absolute Gasteiger partial charge is 0.331 e. The Hall–Kier alpha value is -4.01. The van der Waals surface area contributed by atoms with Gasteiger partial charge < -0.3 is 18.9 Å². The van der Waals surface area contributed by atoms with E-state index in [1.165, 1.54) is 6.08 Å². The van der Waals surface area contributed by atoms with Crippen molar-refractivity contribution >= 4 is 23.9 Å². The predicted molar refractivity (Wildman–Crippen MR) is 134 cm³/mol. The van der Waals surface area contributed by atoms with Crippen molar-refractivity contribution in [1.82, 2.24) is 10.2 Å². The molecule has 0 saturated carbocycles. The molecule has 9 heteroatoms. The zero-order chi connectivity index (χ0) is 26.1. The summed E-state index contributed by atoms with van der Waals surface area (Å²) in [4.78, 5) is 39.3. The highest BCUT2D eigenvalue weighted by Crippen LogP contribution is 2.31. The summed E-state index contributed by atoms with van der Waals surface area (Å²) < 4.78 is 22.6. The minimum atomic E-state index is -0.784. The zero-order valence-corrected chi connectivity index (χ0v) is 21.1. The first kappa shape index (κ1) is 26.6. The Morgan fingerprint density at radius 3 is 2.06 bits per heavy atom. The van der Waals surface area contributed by atoms with E-state index in [1.807, 2.05) is 27.7 Å². The summed E-state index contributed by atoms with van der Waals surface area (Å²) >= 11 is 0. The summed E-state index contributed by atoms with van der Waals surface area (Å²) in [5, 5.41) is 2.25. The van der Waals surface area contributed by atoms with Crippen LogP contribution in [0.5, 0.6) is 23.0 Å². The fourth-order valence-corrected chi connectivity index (χ4v) is 3.59. The van der Waals surface area contributed by atoms with Gasteiger partial charge in [-0.25, -0.2) is 4.79 Å². The molecular formula is C27H32N2O7. The van der Waals surface area contributed by atoms with Gasteiger partial charge in [0, 0.05) is 0 Å². The van der Waals surface area contributed by atoms with Crippen molar-refractivity contribution in [2.75, 3.05) is 26.4 Å². The van der Waals surface area contributed by atoms with Crippen LogP contribution in [-0.2, 0) is 16.1 Å². The van der Waals surface area contributed by atoms with E-state index < -0.39 is 17.8 Å². The van der Waals surface area contributed by atoms with Gasteiger partial charge in [0.25, 0.3) is 11.8 Å². The van der Waals surface area contributed by atoms with Crippen LogP contribution >= 0.6 is 0 Å². The molecule has 0 radical (unpaired) electrons. The van der Waals surface area contributed by atoms with Gasteiger partial charge in [0.2, 0.25) is 0 Å². The molecule has 192 valence electrons. The molecule has 1 aliphatic rings. The van der Waals surface area contributed by atoms with Crippen molar-refractivity contribution in [3.8, 4) is 23.0 Å². The summed E-state index contributed by atoms with van der Waals surface area (Å²) in [6.07, 6.45) is 2.28. The lowest BCUT2D eigenvalue weighted by molar-refractivity contribution is -0.130. The lowest BCUT2D eigenvalue weighted by Crippen LogP contribution is -2.53. The van der Waals surface area contributed by atoms with Gasteiger partial charge in [0.15, 0.2) is 23.0 Å². The van der Waals surface area contributed by atoms with E-state index in [0.717, 1.165) is 11.3 Å². The second kappa shape index (κ2) is 12.6. The maximum Gasteiger partial charge on any atom is 0.331 e. The monoisotopic (exact) mass is 496 g/mol. The molecule has 1 saturated heterocycles. The van der Waals surface area contributed by atoms with E-state index in [1.54, 1.807) is 36.4 Å². The molecule has 9 nitrogen and oxygen atoms in total. The van der Waals surface area contributed by atoms with Crippen LogP contribution in [0.4, 0.5) is 4.79 Å². The topological polar surface area (TPSA) is 103 Å². The van der Waals surface area contributed by atoms with E-state index in [0.29, 0.717) is 60.6 Å². The third kappa shape index (κ3) is 6.35. The quantitative estimate of drug-likeness (QED) is 0.344. The molecule has 0 bridgehead atoms. The van der Waals surface area contributed by atoms with Crippen LogP contribution in [0.1, 0.15) is 45.2 Å². The number of carbonyl (C=O) groups excluding carboxylic acids is 3. The zero-order valence-electron chi connectivity index (χ0n) is 21.1. The number of rotatable bonds is 12. The lowest BCUT2D eigenvalue weighted by atomic mass is 10.1. The van der Waals surface area contributed by atoms with Crippen molar-refractivity contribution in [1.29, 1.82) is 0 Å². The summed E-state index contributed by atoms with van der Waals surface area (Å²) in [5.74, 6) is 0.728. The molecule has 2 aromatic rings. The summed E-state index contributed by atoms with van der Waals surface area (Å²) in [6, 6.07) is 9.57. The highest BCUT2D eigenvalue weighted by atomic mass is 16.5. The van der Waals surface area contributed by atoms with E-state index in [9.17, 15) is 14.4 Å². The van der Waals surface area contributed by atoms with Gasteiger partial charge in [0.05, 0.1) is 33.0 Å².